The number of carbonyl (C=O) groups excluding carboxylic acids is 1. The molecule has 0 aliphatic heterocycles. The van der Waals surface area contributed by atoms with E-state index in [0.29, 0.717) is 23.2 Å². The van der Waals surface area contributed by atoms with Crippen molar-refractivity contribution in [3.63, 3.8) is 0 Å². The molecule has 0 radical (unpaired) electrons. The van der Waals surface area contributed by atoms with E-state index in [0.717, 1.165) is 0 Å². The molecule has 0 aliphatic carbocycles. The third-order valence-electron chi connectivity index (χ3n) is 2.77. The van der Waals surface area contributed by atoms with E-state index in [2.05, 4.69) is 15.1 Å². The van der Waals surface area contributed by atoms with Crippen molar-refractivity contribution in [2.45, 2.75) is 0 Å². The predicted molar refractivity (Wildman–Crippen MR) is 69.9 cm³/mol. The van der Waals surface area contributed by atoms with Gasteiger partial charge < -0.3 is 0 Å². The zero-order chi connectivity index (χ0) is 13.9. The molecule has 6 heteroatoms. The summed E-state index contributed by atoms with van der Waals surface area (Å²) in [6.07, 6.45) is 6.66. The van der Waals surface area contributed by atoms with E-state index in [9.17, 15) is 9.18 Å². The second kappa shape index (κ2) is 5.00. The average molecular weight is 268 g/mol. The largest absolute Gasteiger partial charge is 0.298 e. The van der Waals surface area contributed by atoms with Crippen LogP contribution in [0, 0.1) is 5.82 Å². The van der Waals surface area contributed by atoms with E-state index in [-0.39, 0.29) is 5.69 Å². The molecule has 3 rings (SSSR count). The Balaban J connectivity index is 2.15. The standard InChI is InChI=1S/C14H9FN4O/c15-11-3-1-2-4-13(11)19-8-10(9-20)14(18-19)12-7-16-5-6-17-12/h1-9H. The summed E-state index contributed by atoms with van der Waals surface area (Å²) in [5.74, 6) is -0.418. The maximum Gasteiger partial charge on any atom is 0.153 e. The van der Waals surface area contributed by atoms with E-state index in [4.69, 9.17) is 0 Å². The fraction of sp³-hybridized carbons (Fsp3) is 0. The zero-order valence-corrected chi connectivity index (χ0v) is 10.3. The zero-order valence-electron chi connectivity index (χ0n) is 10.3. The van der Waals surface area contributed by atoms with E-state index in [1.165, 1.54) is 35.5 Å². The van der Waals surface area contributed by atoms with Gasteiger partial charge in [0.2, 0.25) is 0 Å². The van der Waals surface area contributed by atoms with E-state index >= 15 is 0 Å². The van der Waals surface area contributed by atoms with Crippen molar-refractivity contribution in [1.82, 2.24) is 19.7 Å². The number of nitrogens with zero attached hydrogens (tertiary/aromatic N) is 4. The van der Waals surface area contributed by atoms with Gasteiger partial charge in [-0.1, -0.05) is 12.1 Å². The van der Waals surface area contributed by atoms with Gasteiger partial charge in [0.1, 0.15) is 22.9 Å². The van der Waals surface area contributed by atoms with Gasteiger partial charge in [-0.3, -0.25) is 14.8 Å². The number of hydrogen-bond acceptors (Lipinski definition) is 4. The van der Waals surface area contributed by atoms with Crippen LogP contribution in [0.3, 0.4) is 0 Å². The van der Waals surface area contributed by atoms with Gasteiger partial charge in [0.05, 0.1) is 11.8 Å². The first-order valence-electron chi connectivity index (χ1n) is 5.86. The minimum Gasteiger partial charge on any atom is -0.298 e. The van der Waals surface area contributed by atoms with E-state index < -0.39 is 5.82 Å². The second-order valence-electron chi connectivity index (χ2n) is 4.04. The van der Waals surface area contributed by atoms with Crippen LogP contribution >= 0.6 is 0 Å². The molecule has 98 valence electrons. The minimum atomic E-state index is -0.418. The number of aromatic nitrogens is 4. The molecule has 1 aromatic carbocycles. The van der Waals surface area contributed by atoms with E-state index in [1.807, 2.05) is 0 Å². The molecule has 0 aliphatic rings. The normalized spacial score (nSPS) is 10.4. The molecule has 0 amide bonds. The number of aldehydes is 1. The summed E-state index contributed by atoms with van der Waals surface area (Å²) in [4.78, 5) is 19.2. The maximum atomic E-state index is 13.7. The van der Waals surface area contributed by atoms with Gasteiger partial charge in [0, 0.05) is 18.6 Å². The summed E-state index contributed by atoms with van der Waals surface area (Å²) in [7, 11) is 0. The fourth-order valence-corrected chi connectivity index (χ4v) is 1.85. The number of halogens is 1. The Hall–Kier alpha value is -2.89. The van der Waals surface area contributed by atoms with Crippen LogP contribution in [-0.2, 0) is 0 Å². The smallest absolute Gasteiger partial charge is 0.153 e. The van der Waals surface area contributed by atoms with Gasteiger partial charge >= 0.3 is 0 Å². The molecule has 0 atom stereocenters. The van der Waals surface area contributed by atoms with Crippen molar-refractivity contribution in [3.8, 4) is 17.1 Å². The molecule has 20 heavy (non-hydrogen) atoms. The fourth-order valence-electron chi connectivity index (χ4n) is 1.85. The highest BCUT2D eigenvalue weighted by molar-refractivity contribution is 5.84. The average Bonchev–Trinajstić information content (AvgIpc) is 2.92. The molecule has 5 nitrogen and oxygen atoms in total. The Kier molecular flexibility index (Phi) is 3.04. The van der Waals surface area contributed by atoms with Crippen LogP contribution in [0.15, 0.2) is 49.1 Å². The lowest BCUT2D eigenvalue weighted by Gasteiger charge is -2.01. The van der Waals surface area contributed by atoms with Crippen LogP contribution in [0.25, 0.3) is 17.1 Å². The number of rotatable bonds is 3. The van der Waals surface area contributed by atoms with Crippen LogP contribution in [-0.4, -0.2) is 26.0 Å². The van der Waals surface area contributed by atoms with Gasteiger partial charge in [-0.25, -0.2) is 9.07 Å². The van der Waals surface area contributed by atoms with Crippen LogP contribution in [0.2, 0.25) is 0 Å². The molecule has 0 N–H and O–H groups in total. The summed E-state index contributed by atoms with van der Waals surface area (Å²) in [5, 5.41) is 4.23. The number of hydrogen-bond donors (Lipinski definition) is 0. The number of benzene rings is 1. The molecule has 3 aromatic rings. The lowest BCUT2D eigenvalue weighted by molar-refractivity contribution is 0.112. The Morgan fingerprint density at radius 2 is 2.05 bits per heavy atom. The van der Waals surface area contributed by atoms with Crippen molar-refractivity contribution >= 4 is 6.29 Å². The molecule has 2 heterocycles. The quantitative estimate of drug-likeness (QED) is 0.684. The molecule has 0 bridgehead atoms. The van der Waals surface area contributed by atoms with Gasteiger partial charge in [-0.15, -0.1) is 0 Å². The Labute approximate surface area is 113 Å². The second-order valence-corrected chi connectivity index (χ2v) is 4.04. The molecular weight excluding hydrogens is 259 g/mol. The SMILES string of the molecule is O=Cc1cn(-c2ccccc2F)nc1-c1cnccn1. The van der Waals surface area contributed by atoms with E-state index in [1.54, 1.807) is 18.2 Å². The summed E-state index contributed by atoms with van der Waals surface area (Å²) in [5.41, 5.74) is 1.43. The summed E-state index contributed by atoms with van der Waals surface area (Å²) in [6.45, 7) is 0. The van der Waals surface area contributed by atoms with Crippen LogP contribution in [0.5, 0.6) is 0 Å². The lowest BCUT2D eigenvalue weighted by atomic mass is 10.2. The predicted octanol–water partition coefficient (Wildman–Crippen LogP) is 2.28. The third-order valence-corrected chi connectivity index (χ3v) is 2.77. The topological polar surface area (TPSA) is 60.7 Å². The number of para-hydroxylation sites is 1. The Morgan fingerprint density at radius 1 is 1.20 bits per heavy atom. The molecule has 0 saturated heterocycles. The van der Waals surface area contributed by atoms with Crippen LogP contribution < -0.4 is 0 Å². The van der Waals surface area contributed by atoms with Crippen molar-refractivity contribution in [2.75, 3.05) is 0 Å². The van der Waals surface area contributed by atoms with Crippen LogP contribution in [0.4, 0.5) is 4.39 Å². The first-order valence-corrected chi connectivity index (χ1v) is 5.86. The summed E-state index contributed by atoms with van der Waals surface area (Å²) < 4.78 is 15.1. The van der Waals surface area contributed by atoms with Crippen molar-refractivity contribution in [2.24, 2.45) is 0 Å². The third kappa shape index (κ3) is 2.07. The first-order chi connectivity index (χ1) is 9.79. The maximum absolute atomic E-state index is 13.7. The van der Waals surface area contributed by atoms with Crippen molar-refractivity contribution < 1.29 is 9.18 Å². The summed E-state index contributed by atoms with van der Waals surface area (Å²) in [6, 6.07) is 6.20. The Morgan fingerprint density at radius 3 is 2.75 bits per heavy atom. The van der Waals surface area contributed by atoms with Gasteiger partial charge in [-0.2, -0.15) is 5.10 Å². The molecule has 0 saturated carbocycles. The minimum absolute atomic E-state index is 0.269. The van der Waals surface area contributed by atoms with Crippen molar-refractivity contribution in [3.05, 3.63) is 60.4 Å². The molecule has 2 aromatic heterocycles. The highest BCUT2D eigenvalue weighted by Crippen LogP contribution is 2.20. The lowest BCUT2D eigenvalue weighted by Crippen LogP contribution is -1.98. The molecule has 0 fully saturated rings. The van der Waals surface area contributed by atoms with Crippen LogP contribution in [0.1, 0.15) is 10.4 Å². The van der Waals surface area contributed by atoms with Crippen molar-refractivity contribution in [1.29, 1.82) is 0 Å². The monoisotopic (exact) mass is 268 g/mol. The highest BCUT2D eigenvalue weighted by Gasteiger charge is 2.14. The highest BCUT2D eigenvalue weighted by atomic mass is 19.1. The first kappa shape index (κ1) is 12.2. The molecular formula is C14H9FN4O. The molecule has 0 spiro atoms. The van der Waals surface area contributed by atoms with Gasteiger partial charge in [-0.05, 0) is 12.1 Å². The van der Waals surface area contributed by atoms with Gasteiger partial charge in [0.15, 0.2) is 6.29 Å². The molecule has 0 unspecified atom stereocenters. The van der Waals surface area contributed by atoms with Gasteiger partial charge in [0.25, 0.3) is 0 Å². The summed E-state index contributed by atoms with van der Waals surface area (Å²) >= 11 is 0. The number of carbonyl (C=O) groups is 1. The Bertz CT molecular complexity index is 755.